The molecule has 1 aromatic heterocycles. The summed E-state index contributed by atoms with van der Waals surface area (Å²) in [6, 6.07) is 8.35. The Morgan fingerprint density at radius 3 is 2.84 bits per heavy atom. The van der Waals surface area contributed by atoms with Crippen LogP contribution in [0.3, 0.4) is 0 Å². The van der Waals surface area contributed by atoms with E-state index in [4.69, 9.17) is 4.74 Å². The lowest BCUT2D eigenvalue weighted by Gasteiger charge is -2.40. The number of aliphatic hydroxyl groups excluding tert-OH is 1. The zero-order valence-corrected chi connectivity index (χ0v) is 11.2. The quantitative estimate of drug-likeness (QED) is 0.765. The lowest BCUT2D eigenvalue weighted by atomic mass is 9.87. The SMILES string of the molecule is Cc1[nH]c2ccccc2c1CNCC1(CO)COC1. The lowest BCUT2D eigenvalue weighted by molar-refractivity contribution is -0.134. The second-order valence-electron chi connectivity index (χ2n) is 5.53. The molecule has 4 heteroatoms. The predicted molar refractivity (Wildman–Crippen MR) is 75.1 cm³/mol. The maximum Gasteiger partial charge on any atom is 0.0579 e. The van der Waals surface area contributed by atoms with Crippen molar-refractivity contribution in [3.8, 4) is 0 Å². The fourth-order valence-electron chi connectivity index (χ4n) is 2.66. The molecule has 1 aliphatic heterocycles. The molecule has 19 heavy (non-hydrogen) atoms. The number of H-pyrrole nitrogens is 1. The van der Waals surface area contributed by atoms with Gasteiger partial charge in [-0.3, -0.25) is 0 Å². The van der Waals surface area contributed by atoms with Gasteiger partial charge in [0.2, 0.25) is 0 Å². The van der Waals surface area contributed by atoms with Crippen LogP contribution in [0.1, 0.15) is 11.3 Å². The molecular weight excluding hydrogens is 240 g/mol. The van der Waals surface area contributed by atoms with Crippen molar-refractivity contribution in [3.63, 3.8) is 0 Å². The van der Waals surface area contributed by atoms with Crippen molar-refractivity contribution < 1.29 is 9.84 Å². The standard InChI is InChI=1S/C15H20N2O2/c1-11-13(12-4-2-3-5-14(12)17-11)6-16-7-15(8-18)9-19-10-15/h2-5,16-18H,6-10H2,1H3. The number of fused-ring (bicyclic) bond motifs is 1. The zero-order chi connectivity index (χ0) is 13.3. The van der Waals surface area contributed by atoms with Crippen LogP contribution in [0.2, 0.25) is 0 Å². The molecule has 1 aromatic carbocycles. The third-order valence-corrected chi connectivity index (χ3v) is 3.98. The summed E-state index contributed by atoms with van der Waals surface area (Å²) in [6.07, 6.45) is 0. The molecule has 1 fully saturated rings. The topological polar surface area (TPSA) is 57.3 Å². The molecule has 0 radical (unpaired) electrons. The van der Waals surface area contributed by atoms with Crippen LogP contribution in [0.15, 0.2) is 24.3 Å². The van der Waals surface area contributed by atoms with Crippen molar-refractivity contribution in [1.29, 1.82) is 0 Å². The van der Waals surface area contributed by atoms with Crippen LogP contribution in [0.4, 0.5) is 0 Å². The van der Waals surface area contributed by atoms with Crippen molar-refractivity contribution in [2.75, 3.05) is 26.4 Å². The van der Waals surface area contributed by atoms with Crippen LogP contribution < -0.4 is 5.32 Å². The molecular formula is C15H20N2O2. The van der Waals surface area contributed by atoms with Crippen LogP contribution >= 0.6 is 0 Å². The van der Waals surface area contributed by atoms with Gasteiger partial charge in [-0.1, -0.05) is 18.2 Å². The summed E-state index contributed by atoms with van der Waals surface area (Å²) in [5.41, 5.74) is 3.63. The van der Waals surface area contributed by atoms with Gasteiger partial charge < -0.3 is 20.1 Å². The first kappa shape index (κ1) is 12.7. The Balaban J connectivity index is 1.70. The number of rotatable bonds is 5. The number of benzene rings is 1. The number of nitrogens with one attached hydrogen (secondary N) is 2. The van der Waals surface area contributed by atoms with Gasteiger partial charge in [0.25, 0.3) is 0 Å². The molecule has 1 aliphatic rings. The maximum atomic E-state index is 9.39. The van der Waals surface area contributed by atoms with E-state index in [2.05, 4.69) is 35.4 Å². The van der Waals surface area contributed by atoms with Crippen LogP contribution in [0, 0.1) is 12.3 Å². The van der Waals surface area contributed by atoms with Gasteiger partial charge in [-0.05, 0) is 18.6 Å². The van der Waals surface area contributed by atoms with E-state index in [9.17, 15) is 5.11 Å². The highest BCUT2D eigenvalue weighted by atomic mass is 16.5. The van der Waals surface area contributed by atoms with E-state index in [1.807, 2.05) is 6.07 Å². The van der Waals surface area contributed by atoms with Crippen molar-refractivity contribution in [1.82, 2.24) is 10.3 Å². The highest BCUT2D eigenvalue weighted by Crippen LogP contribution is 2.26. The van der Waals surface area contributed by atoms with Gasteiger partial charge in [-0.25, -0.2) is 0 Å². The van der Waals surface area contributed by atoms with Gasteiger partial charge in [0.1, 0.15) is 0 Å². The average molecular weight is 260 g/mol. The minimum Gasteiger partial charge on any atom is -0.396 e. The van der Waals surface area contributed by atoms with Gasteiger partial charge in [-0.2, -0.15) is 0 Å². The third-order valence-electron chi connectivity index (χ3n) is 3.98. The number of hydrogen-bond donors (Lipinski definition) is 3. The molecule has 102 valence electrons. The van der Waals surface area contributed by atoms with Gasteiger partial charge in [0, 0.05) is 29.7 Å². The van der Waals surface area contributed by atoms with E-state index in [0.29, 0.717) is 13.2 Å². The number of aryl methyl sites for hydroxylation is 1. The van der Waals surface area contributed by atoms with Crippen LogP contribution in [-0.4, -0.2) is 36.5 Å². The average Bonchev–Trinajstić information content (AvgIpc) is 2.69. The molecule has 0 amide bonds. The molecule has 2 heterocycles. The number of aromatic amines is 1. The number of ether oxygens (including phenoxy) is 1. The zero-order valence-electron chi connectivity index (χ0n) is 11.2. The molecule has 3 N–H and O–H groups in total. The van der Waals surface area contributed by atoms with Crippen molar-refractivity contribution in [3.05, 3.63) is 35.5 Å². The molecule has 0 unspecified atom stereocenters. The molecule has 0 bridgehead atoms. The summed E-state index contributed by atoms with van der Waals surface area (Å²) in [4.78, 5) is 3.40. The monoisotopic (exact) mass is 260 g/mol. The van der Waals surface area contributed by atoms with E-state index in [0.717, 1.165) is 13.1 Å². The first-order valence-corrected chi connectivity index (χ1v) is 6.70. The number of para-hydroxylation sites is 1. The van der Waals surface area contributed by atoms with Gasteiger partial charge in [0.15, 0.2) is 0 Å². The van der Waals surface area contributed by atoms with E-state index in [1.165, 1.54) is 22.2 Å². The minimum atomic E-state index is -0.0694. The largest absolute Gasteiger partial charge is 0.396 e. The van der Waals surface area contributed by atoms with Crippen LogP contribution in [0.5, 0.6) is 0 Å². The molecule has 0 saturated carbocycles. The van der Waals surface area contributed by atoms with Gasteiger partial charge in [0.05, 0.1) is 25.2 Å². The summed E-state index contributed by atoms with van der Waals surface area (Å²) in [6.45, 7) is 5.21. The molecule has 0 atom stereocenters. The molecule has 2 aromatic rings. The van der Waals surface area contributed by atoms with Crippen molar-refractivity contribution in [2.45, 2.75) is 13.5 Å². The number of aliphatic hydroxyl groups is 1. The Kier molecular flexibility index (Phi) is 3.31. The fraction of sp³-hybridized carbons (Fsp3) is 0.467. The molecule has 0 spiro atoms. The summed E-state index contributed by atoms with van der Waals surface area (Å²) < 4.78 is 5.20. The Labute approximate surface area is 112 Å². The number of aromatic nitrogens is 1. The summed E-state index contributed by atoms with van der Waals surface area (Å²) >= 11 is 0. The van der Waals surface area contributed by atoms with E-state index < -0.39 is 0 Å². The minimum absolute atomic E-state index is 0.0694. The highest BCUT2D eigenvalue weighted by molar-refractivity contribution is 5.84. The second kappa shape index (κ2) is 4.96. The Bertz CT molecular complexity index is 567. The van der Waals surface area contributed by atoms with Gasteiger partial charge >= 0.3 is 0 Å². The Morgan fingerprint density at radius 1 is 1.37 bits per heavy atom. The van der Waals surface area contributed by atoms with Crippen molar-refractivity contribution in [2.24, 2.45) is 5.41 Å². The van der Waals surface area contributed by atoms with E-state index in [-0.39, 0.29) is 12.0 Å². The fourth-order valence-corrected chi connectivity index (χ4v) is 2.66. The summed E-state index contributed by atoms with van der Waals surface area (Å²) in [7, 11) is 0. The van der Waals surface area contributed by atoms with Crippen molar-refractivity contribution >= 4 is 10.9 Å². The van der Waals surface area contributed by atoms with Crippen LogP contribution in [-0.2, 0) is 11.3 Å². The molecule has 1 saturated heterocycles. The number of hydrogen-bond acceptors (Lipinski definition) is 3. The maximum absolute atomic E-state index is 9.39. The normalized spacial score (nSPS) is 17.6. The second-order valence-corrected chi connectivity index (χ2v) is 5.53. The summed E-state index contributed by atoms with van der Waals surface area (Å²) in [5, 5.41) is 14.1. The summed E-state index contributed by atoms with van der Waals surface area (Å²) in [5.74, 6) is 0. The first-order chi connectivity index (χ1) is 9.24. The third kappa shape index (κ3) is 2.27. The van der Waals surface area contributed by atoms with E-state index in [1.54, 1.807) is 0 Å². The lowest BCUT2D eigenvalue weighted by Crippen LogP contribution is -2.52. The molecule has 3 rings (SSSR count). The molecule has 4 nitrogen and oxygen atoms in total. The Morgan fingerprint density at radius 2 is 2.16 bits per heavy atom. The van der Waals surface area contributed by atoms with Crippen LogP contribution in [0.25, 0.3) is 10.9 Å². The molecule has 0 aliphatic carbocycles. The highest BCUT2D eigenvalue weighted by Gasteiger charge is 2.37. The predicted octanol–water partition coefficient (Wildman–Crippen LogP) is 1.57. The van der Waals surface area contributed by atoms with Gasteiger partial charge in [-0.15, -0.1) is 0 Å². The smallest absolute Gasteiger partial charge is 0.0579 e. The Hall–Kier alpha value is -1.36. The first-order valence-electron chi connectivity index (χ1n) is 6.70. The van der Waals surface area contributed by atoms with E-state index >= 15 is 0 Å².